The first-order valence-electron chi connectivity index (χ1n) is 13.7. The van der Waals surface area contributed by atoms with Crippen molar-refractivity contribution in [2.45, 2.75) is 119 Å². The van der Waals surface area contributed by atoms with Crippen molar-refractivity contribution in [1.29, 1.82) is 0 Å². The zero-order chi connectivity index (χ0) is 22.6. The van der Waals surface area contributed by atoms with Gasteiger partial charge in [-0.05, 0) is 114 Å². The van der Waals surface area contributed by atoms with E-state index in [4.69, 9.17) is 0 Å². The maximum Gasteiger partial charge on any atom is 0.0594 e. The van der Waals surface area contributed by atoms with Crippen LogP contribution >= 0.6 is 0 Å². The minimum absolute atomic E-state index is 0.0415. The van der Waals surface area contributed by atoms with Crippen LogP contribution < -0.4 is 0 Å². The topological polar surface area (TPSA) is 20.2 Å². The van der Waals surface area contributed by atoms with E-state index in [2.05, 4.69) is 61.5 Å². The van der Waals surface area contributed by atoms with Crippen molar-refractivity contribution in [3.63, 3.8) is 0 Å². The Labute approximate surface area is 192 Å². The average Bonchev–Trinajstić information content (AvgIpc) is 3.06. The molecule has 1 heteroatoms. The molecule has 176 valence electrons. The molecule has 0 amide bonds. The summed E-state index contributed by atoms with van der Waals surface area (Å²) in [7, 11) is 0. The molecule has 5 aliphatic rings. The van der Waals surface area contributed by atoms with E-state index in [1.165, 1.54) is 51.4 Å². The molecule has 1 N–H and O–H groups in total. The fourth-order valence-corrected chi connectivity index (χ4v) is 11.0. The summed E-state index contributed by atoms with van der Waals surface area (Å²) in [6.45, 7) is 20.4. The van der Waals surface area contributed by atoms with E-state index in [1.807, 2.05) is 5.57 Å². The highest BCUT2D eigenvalue weighted by Crippen LogP contribution is 2.76. The van der Waals surface area contributed by atoms with Crippen LogP contribution in [0.4, 0.5) is 0 Å². The number of aliphatic hydroxyl groups excluding tert-OH is 1. The van der Waals surface area contributed by atoms with Crippen molar-refractivity contribution >= 4 is 0 Å². The van der Waals surface area contributed by atoms with E-state index in [1.54, 1.807) is 0 Å². The quantitative estimate of drug-likeness (QED) is 0.421. The summed E-state index contributed by atoms with van der Waals surface area (Å²) >= 11 is 0. The predicted molar refractivity (Wildman–Crippen MR) is 131 cm³/mol. The summed E-state index contributed by atoms with van der Waals surface area (Å²) < 4.78 is 0. The predicted octanol–water partition coefficient (Wildman–Crippen LogP) is 8.02. The third-order valence-electron chi connectivity index (χ3n) is 13.0. The molecule has 0 aromatic rings. The lowest BCUT2D eigenvalue weighted by Gasteiger charge is -2.69. The maximum atomic E-state index is 10.9. The molecule has 0 heterocycles. The number of hydrogen-bond donors (Lipinski definition) is 1. The standard InChI is InChI=1S/C30H50O/c1-19(2)20-11-14-27(5)17-18-29(7)22-9-10-23-26(3,4)24(31)13-15-28(23,6)21(22)12-16-30(29,8)25(20)27/h12,19-20,22-25,31H,9-11,13-18H2,1-8H3. The highest BCUT2D eigenvalue weighted by Gasteiger charge is 2.68. The Morgan fingerprint density at radius 1 is 0.839 bits per heavy atom. The van der Waals surface area contributed by atoms with E-state index in [9.17, 15) is 5.11 Å². The summed E-state index contributed by atoms with van der Waals surface area (Å²) in [4.78, 5) is 0. The maximum absolute atomic E-state index is 10.9. The molecule has 5 aliphatic carbocycles. The number of aliphatic hydroxyl groups is 1. The lowest BCUT2D eigenvalue weighted by Crippen LogP contribution is -2.62. The van der Waals surface area contributed by atoms with E-state index in [-0.39, 0.29) is 11.5 Å². The second kappa shape index (κ2) is 6.64. The number of hydrogen-bond acceptors (Lipinski definition) is 1. The van der Waals surface area contributed by atoms with Crippen molar-refractivity contribution in [3.8, 4) is 0 Å². The van der Waals surface area contributed by atoms with E-state index in [0.717, 1.165) is 30.1 Å². The zero-order valence-electron chi connectivity index (χ0n) is 21.9. The Morgan fingerprint density at radius 2 is 1.55 bits per heavy atom. The normalized spacial score (nSPS) is 55.7. The summed E-state index contributed by atoms with van der Waals surface area (Å²) in [5.41, 5.74) is 3.60. The van der Waals surface area contributed by atoms with Crippen LogP contribution in [-0.4, -0.2) is 11.2 Å². The summed E-state index contributed by atoms with van der Waals surface area (Å²) in [6.07, 6.45) is 14.6. The van der Waals surface area contributed by atoms with Gasteiger partial charge in [-0.1, -0.05) is 67.0 Å². The number of fused-ring (bicyclic) bond motifs is 7. The first-order valence-corrected chi connectivity index (χ1v) is 13.7. The van der Waals surface area contributed by atoms with Gasteiger partial charge in [0.25, 0.3) is 0 Å². The van der Waals surface area contributed by atoms with Crippen LogP contribution in [0.25, 0.3) is 0 Å². The molecule has 0 aromatic heterocycles. The van der Waals surface area contributed by atoms with Crippen LogP contribution in [-0.2, 0) is 0 Å². The number of allylic oxidation sites excluding steroid dienone is 2. The summed E-state index contributed by atoms with van der Waals surface area (Å²) in [5, 5.41) is 10.9. The Hall–Kier alpha value is -0.300. The molecule has 0 aromatic carbocycles. The monoisotopic (exact) mass is 426 g/mol. The largest absolute Gasteiger partial charge is 0.393 e. The fraction of sp³-hybridized carbons (Fsp3) is 0.933. The van der Waals surface area contributed by atoms with Crippen LogP contribution in [0.3, 0.4) is 0 Å². The molecule has 4 fully saturated rings. The van der Waals surface area contributed by atoms with Gasteiger partial charge in [-0.3, -0.25) is 0 Å². The fourth-order valence-electron chi connectivity index (χ4n) is 11.0. The third kappa shape index (κ3) is 2.65. The van der Waals surface area contributed by atoms with Gasteiger partial charge < -0.3 is 5.11 Å². The second-order valence-corrected chi connectivity index (χ2v) is 14.8. The molecular formula is C30H50O. The van der Waals surface area contributed by atoms with Gasteiger partial charge in [0.2, 0.25) is 0 Å². The molecule has 9 atom stereocenters. The first-order chi connectivity index (χ1) is 14.3. The molecule has 9 unspecified atom stereocenters. The van der Waals surface area contributed by atoms with Gasteiger partial charge in [0.1, 0.15) is 0 Å². The van der Waals surface area contributed by atoms with Crippen molar-refractivity contribution < 1.29 is 5.11 Å². The van der Waals surface area contributed by atoms with Gasteiger partial charge >= 0.3 is 0 Å². The van der Waals surface area contributed by atoms with Gasteiger partial charge in [0.15, 0.2) is 0 Å². The van der Waals surface area contributed by atoms with Gasteiger partial charge in [-0.2, -0.15) is 0 Å². The molecule has 0 saturated heterocycles. The Balaban J connectivity index is 1.59. The molecule has 1 nitrogen and oxygen atoms in total. The van der Waals surface area contributed by atoms with Crippen molar-refractivity contribution in [2.75, 3.05) is 0 Å². The molecule has 0 aliphatic heterocycles. The van der Waals surface area contributed by atoms with Gasteiger partial charge in [-0.25, -0.2) is 0 Å². The van der Waals surface area contributed by atoms with Crippen LogP contribution in [0, 0.1) is 56.7 Å². The highest BCUT2D eigenvalue weighted by molar-refractivity contribution is 5.33. The van der Waals surface area contributed by atoms with Gasteiger partial charge in [-0.15, -0.1) is 0 Å². The van der Waals surface area contributed by atoms with Crippen molar-refractivity contribution in [1.82, 2.24) is 0 Å². The SMILES string of the molecule is CC(C)C1CCC2(C)CCC3(C)C4CCC5C(C)(CCC(O)C5(C)C)C4=CCC3(C)C12. The minimum Gasteiger partial charge on any atom is -0.393 e. The Kier molecular flexibility index (Phi) is 4.82. The van der Waals surface area contributed by atoms with Gasteiger partial charge in [0, 0.05) is 0 Å². The molecule has 0 spiro atoms. The zero-order valence-corrected chi connectivity index (χ0v) is 21.9. The van der Waals surface area contributed by atoms with E-state index < -0.39 is 0 Å². The Morgan fingerprint density at radius 3 is 2.23 bits per heavy atom. The summed E-state index contributed by atoms with van der Waals surface area (Å²) in [6, 6.07) is 0. The molecule has 4 saturated carbocycles. The third-order valence-corrected chi connectivity index (χ3v) is 13.0. The van der Waals surface area contributed by atoms with Crippen molar-refractivity contribution in [3.05, 3.63) is 11.6 Å². The van der Waals surface area contributed by atoms with Crippen LogP contribution in [0.2, 0.25) is 0 Å². The molecular weight excluding hydrogens is 376 g/mol. The minimum atomic E-state index is -0.132. The Bertz CT molecular complexity index is 777. The van der Waals surface area contributed by atoms with E-state index >= 15 is 0 Å². The van der Waals surface area contributed by atoms with Crippen molar-refractivity contribution in [2.24, 2.45) is 56.7 Å². The van der Waals surface area contributed by atoms with Crippen LogP contribution in [0.5, 0.6) is 0 Å². The molecule has 0 bridgehead atoms. The van der Waals surface area contributed by atoms with E-state index in [0.29, 0.717) is 27.6 Å². The molecule has 31 heavy (non-hydrogen) atoms. The lowest BCUT2D eigenvalue weighted by molar-refractivity contribution is -0.168. The van der Waals surface area contributed by atoms with Crippen LogP contribution in [0.15, 0.2) is 11.6 Å². The van der Waals surface area contributed by atoms with Gasteiger partial charge in [0.05, 0.1) is 6.10 Å². The first kappa shape index (κ1) is 22.5. The smallest absolute Gasteiger partial charge is 0.0594 e. The number of rotatable bonds is 1. The second-order valence-electron chi connectivity index (χ2n) is 14.8. The lowest BCUT2D eigenvalue weighted by atomic mass is 9.35. The average molecular weight is 427 g/mol. The molecule has 5 rings (SSSR count). The molecule has 0 radical (unpaired) electrons. The van der Waals surface area contributed by atoms with Crippen LogP contribution in [0.1, 0.15) is 113 Å². The summed E-state index contributed by atoms with van der Waals surface area (Å²) in [5.74, 6) is 3.98. The highest BCUT2D eigenvalue weighted by atomic mass is 16.3.